The van der Waals surface area contributed by atoms with Gasteiger partial charge in [0.2, 0.25) is 5.60 Å². The Morgan fingerprint density at radius 3 is 1.57 bits per heavy atom. The van der Waals surface area contributed by atoms with Crippen LogP contribution in [0, 0.1) is 0 Å². The van der Waals surface area contributed by atoms with Gasteiger partial charge in [0.05, 0.1) is 0 Å². The molecule has 0 saturated heterocycles. The Kier molecular flexibility index (Phi) is 3.07. The summed E-state index contributed by atoms with van der Waals surface area (Å²) in [5.41, 5.74) is -4.65. The number of hydrogen-bond acceptors (Lipinski definition) is 1. The fraction of sp³-hybridized carbons (Fsp3) is 0.429. The second-order valence-corrected chi connectivity index (χ2v) is 2.45. The van der Waals surface area contributed by atoms with E-state index in [0.717, 1.165) is 0 Å². The lowest BCUT2D eigenvalue weighted by atomic mass is 9.94. The standard InChI is InChI=1S/C7H6F6O/c1-3-5(14,7(11,12)13)6(9,10)4(2)8/h3,14H,1-2H2. The molecule has 0 fully saturated rings. The minimum atomic E-state index is -5.74. The first-order valence-electron chi connectivity index (χ1n) is 3.16. The van der Waals surface area contributed by atoms with Crippen molar-refractivity contribution in [2.75, 3.05) is 0 Å². The van der Waals surface area contributed by atoms with Crippen LogP contribution in [0.4, 0.5) is 26.3 Å². The van der Waals surface area contributed by atoms with Gasteiger partial charge in [-0.2, -0.15) is 22.0 Å². The van der Waals surface area contributed by atoms with Crippen LogP contribution >= 0.6 is 0 Å². The number of alkyl halides is 5. The predicted octanol–water partition coefficient (Wildman–Crippen LogP) is 2.58. The molecule has 0 saturated carbocycles. The van der Waals surface area contributed by atoms with Crippen LogP contribution in [0.25, 0.3) is 0 Å². The van der Waals surface area contributed by atoms with Crippen LogP contribution in [0.1, 0.15) is 0 Å². The van der Waals surface area contributed by atoms with Crippen LogP contribution in [-0.2, 0) is 0 Å². The normalized spacial score (nSPS) is 17.4. The molecule has 0 bridgehead atoms. The Labute approximate surface area is 75.3 Å². The van der Waals surface area contributed by atoms with Crippen LogP contribution < -0.4 is 0 Å². The molecule has 82 valence electrons. The van der Waals surface area contributed by atoms with Gasteiger partial charge in [-0.1, -0.05) is 13.2 Å². The van der Waals surface area contributed by atoms with Gasteiger partial charge >= 0.3 is 12.1 Å². The molecule has 1 unspecified atom stereocenters. The summed E-state index contributed by atoms with van der Waals surface area (Å²) in [4.78, 5) is 0. The van der Waals surface area contributed by atoms with E-state index in [4.69, 9.17) is 5.11 Å². The minimum absolute atomic E-state index is 0.474. The highest BCUT2D eigenvalue weighted by Gasteiger charge is 2.69. The van der Waals surface area contributed by atoms with Crippen LogP contribution in [-0.4, -0.2) is 22.8 Å². The van der Waals surface area contributed by atoms with E-state index in [1.807, 2.05) is 6.58 Å². The van der Waals surface area contributed by atoms with E-state index in [1.165, 1.54) is 0 Å². The summed E-state index contributed by atoms with van der Waals surface area (Å²) in [5.74, 6) is -7.75. The largest absolute Gasteiger partial charge is 0.427 e. The lowest BCUT2D eigenvalue weighted by Crippen LogP contribution is -2.57. The molecule has 1 atom stereocenters. The lowest BCUT2D eigenvalue weighted by molar-refractivity contribution is -0.303. The van der Waals surface area contributed by atoms with Crippen LogP contribution in [0.2, 0.25) is 0 Å². The Hall–Kier alpha value is -0.980. The van der Waals surface area contributed by atoms with E-state index in [-0.39, 0.29) is 0 Å². The highest BCUT2D eigenvalue weighted by molar-refractivity contribution is 5.19. The highest BCUT2D eigenvalue weighted by Crippen LogP contribution is 2.46. The van der Waals surface area contributed by atoms with Crippen molar-refractivity contribution in [3.63, 3.8) is 0 Å². The van der Waals surface area contributed by atoms with Crippen molar-refractivity contribution in [1.29, 1.82) is 0 Å². The van der Waals surface area contributed by atoms with Gasteiger partial charge in [-0.3, -0.25) is 0 Å². The third-order valence-corrected chi connectivity index (χ3v) is 1.55. The average Bonchev–Trinajstić information content (AvgIpc) is 2.00. The van der Waals surface area contributed by atoms with Gasteiger partial charge in [-0.05, 0) is 6.08 Å². The van der Waals surface area contributed by atoms with Crippen molar-refractivity contribution < 1.29 is 31.4 Å². The van der Waals surface area contributed by atoms with Gasteiger partial charge in [-0.15, -0.1) is 0 Å². The summed E-state index contributed by atoms with van der Waals surface area (Å²) in [7, 11) is 0. The molecule has 0 aromatic heterocycles. The fourth-order valence-electron chi connectivity index (χ4n) is 0.629. The zero-order valence-corrected chi connectivity index (χ0v) is 6.71. The van der Waals surface area contributed by atoms with Crippen molar-refractivity contribution in [1.82, 2.24) is 0 Å². The summed E-state index contributed by atoms with van der Waals surface area (Å²) in [6, 6.07) is 0. The van der Waals surface area contributed by atoms with Crippen molar-refractivity contribution >= 4 is 0 Å². The van der Waals surface area contributed by atoms with E-state index in [1.54, 1.807) is 0 Å². The highest BCUT2D eigenvalue weighted by atomic mass is 19.4. The Morgan fingerprint density at radius 1 is 1.14 bits per heavy atom. The smallest absolute Gasteiger partial charge is 0.372 e. The van der Waals surface area contributed by atoms with Crippen molar-refractivity contribution in [3.8, 4) is 0 Å². The monoisotopic (exact) mass is 220 g/mol. The van der Waals surface area contributed by atoms with E-state index >= 15 is 0 Å². The molecular weight excluding hydrogens is 214 g/mol. The molecule has 0 aromatic carbocycles. The maximum absolute atomic E-state index is 12.6. The molecule has 0 radical (unpaired) electrons. The molecule has 14 heavy (non-hydrogen) atoms. The third kappa shape index (κ3) is 1.63. The van der Waals surface area contributed by atoms with Gasteiger partial charge in [0.25, 0.3) is 0 Å². The van der Waals surface area contributed by atoms with E-state index < -0.39 is 29.6 Å². The van der Waals surface area contributed by atoms with Crippen LogP contribution in [0.3, 0.4) is 0 Å². The van der Waals surface area contributed by atoms with E-state index in [9.17, 15) is 26.3 Å². The average molecular weight is 220 g/mol. The number of aliphatic hydroxyl groups is 1. The fourth-order valence-corrected chi connectivity index (χ4v) is 0.629. The van der Waals surface area contributed by atoms with Gasteiger partial charge in [0.15, 0.2) is 5.83 Å². The van der Waals surface area contributed by atoms with Crippen LogP contribution in [0.5, 0.6) is 0 Å². The maximum Gasteiger partial charge on any atom is 0.427 e. The van der Waals surface area contributed by atoms with E-state index in [2.05, 4.69) is 6.58 Å². The zero-order valence-electron chi connectivity index (χ0n) is 6.71. The first kappa shape index (κ1) is 13.0. The summed E-state index contributed by atoms with van der Waals surface area (Å²) in [5, 5.41) is 8.56. The topological polar surface area (TPSA) is 20.2 Å². The Balaban J connectivity index is 5.48. The third-order valence-electron chi connectivity index (χ3n) is 1.55. The summed E-state index contributed by atoms with van der Waals surface area (Å²) in [6.45, 7) is 4.42. The molecule has 0 spiro atoms. The molecule has 7 heteroatoms. The minimum Gasteiger partial charge on any atom is -0.372 e. The van der Waals surface area contributed by atoms with Gasteiger partial charge in [-0.25, -0.2) is 4.39 Å². The first-order valence-corrected chi connectivity index (χ1v) is 3.16. The van der Waals surface area contributed by atoms with Crippen molar-refractivity contribution in [2.45, 2.75) is 17.7 Å². The number of hydrogen-bond donors (Lipinski definition) is 1. The molecule has 0 rings (SSSR count). The quantitative estimate of drug-likeness (QED) is 0.572. The molecule has 1 N–H and O–H groups in total. The zero-order chi connectivity index (χ0) is 11.8. The SMILES string of the molecule is C=CC(O)(C(F)(F)F)C(F)(F)C(=C)F. The summed E-state index contributed by atoms with van der Waals surface area (Å²) < 4.78 is 73.0. The van der Waals surface area contributed by atoms with Gasteiger partial charge < -0.3 is 5.11 Å². The second kappa shape index (κ2) is 3.30. The van der Waals surface area contributed by atoms with Crippen molar-refractivity contribution in [2.24, 2.45) is 0 Å². The first-order chi connectivity index (χ1) is 6.00. The van der Waals surface area contributed by atoms with Crippen molar-refractivity contribution in [3.05, 3.63) is 25.1 Å². The maximum atomic E-state index is 12.6. The Bertz CT molecular complexity index is 255. The molecular formula is C7H6F6O. The van der Waals surface area contributed by atoms with Crippen LogP contribution in [0.15, 0.2) is 25.1 Å². The van der Waals surface area contributed by atoms with Gasteiger partial charge in [0.1, 0.15) is 0 Å². The summed E-state index contributed by atoms with van der Waals surface area (Å²) >= 11 is 0. The number of rotatable bonds is 3. The second-order valence-electron chi connectivity index (χ2n) is 2.45. The molecule has 0 aliphatic rings. The molecule has 0 amide bonds. The lowest BCUT2D eigenvalue weighted by Gasteiger charge is -2.33. The predicted molar refractivity (Wildman–Crippen MR) is 36.4 cm³/mol. The van der Waals surface area contributed by atoms with Gasteiger partial charge in [0, 0.05) is 0 Å². The molecule has 1 nitrogen and oxygen atoms in total. The molecule has 0 heterocycles. The molecule has 0 aliphatic carbocycles. The molecule has 0 aliphatic heterocycles. The van der Waals surface area contributed by atoms with E-state index in [0.29, 0.717) is 0 Å². The summed E-state index contributed by atoms with van der Waals surface area (Å²) in [6.07, 6.45) is -6.22. The number of halogens is 6. The molecule has 0 aromatic rings. The Morgan fingerprint density at radius 2 is 1.50 bits per heavy atom.